The summed E-state index contributed by atoms with van der Waals surface area (Å²) in [6.07, 6.45) is 1.30. The molecule has 0 aromatic rings. The third-order valence-electron chi connectivity index (χ3n) is 2.10. The molecule has 0 bridgehead atoms. The van der Waals surface area contributed by atoms with E-state index in [2.05, 4.69) is 13.1 Å². The molecule has 0 aliphatic carbocycles. The van der Waals surface area contributed by atoms with Gasteiger partial charge in [0.2, 0.25) is 0 Å². The number of rotatable bonds is 6. The van der Waals surface area contributed by atoms with E-state index in [9.17, 15) is 0 Å². The highest BCUT2D eigenvalue weighted by atomic mass is 28.4. The van der Waals surface area contributed by atoms with Gasteiger partial charge in [-0.2, -0.15) is 0 Å². The molecule has 0 amide bonds. The lowest BCUT2D eigenvalue weighted by Gasteiger charge is -2.22. The molecule has 0 aromatic heterocycles. The van der Waals surface area contributed by atoms with Gasteiger partial charge in [-0.1, -0.05) is 19.0 Å². The summed E-state index contributed by atoms with van der Waals surface area (Å²) < 4.78 is 10.7. The highest BCUT2D eigenvalue weighted by molar-refractivity contribution is 6.66. The Kier molecular flexibility index (Phi) is 6.13. The molecule has 0 aliphatic heterocycles. The molecule has 68 valence electrons. The van der Waals surface area contributed by atoms with Gasteiger partial charge in [-0.3, -0.25) is 0 Å². The first-order valence-electron chi connectivity index (χ1n) is 4.29. The van der Waals surface area contributed by atoms with Crippen LogP contribution in [-0.4, -0.2) is 32.3 Å². The minimum atomic E-state index is -1.71. The Bertz CT molecular complexity index is 94.4. The van der Waals surface area contributed by atoms with Crippen molar-refractivity contribution in [3.63, 3.8) is 0 Å². The quantitative estimate of drug-likeness (QED) is 0.467. The second-order valence-electron chi connectivity index (χ2n) is 3.00. The maximum Gasteiger partial charge on any atom is 0.334 e. The first-order chi connectivity index (χ1) is 5.18. The Morgan fingerprint density at radius 2 is 1.82 bits per heavy atom. The minimum absolute atomic E-state index is 0.241. The molecule has 0 spiro atoms. The summed E-state index contributed by atoms with van der Waals surface area (Å²) in [4.78, 5) is 0. The van der Waals surface area contributed by atoms with Crippen molar-refractivity contribution in [3.05, 3.63) is 0 Å². The molecule has 0 aromatic carbocycles. The van der Waals surface area contributed by atoms with Gasteiger partial charge in [-0.15, -0.1) is 0 Å². The molecule has 0 atom stereocenters. The largest absolute Gasteiger partial charge is 0.398 e. The van der Waals surface area contributed by atoms with Crippen LogP contribution in [0.2, 0.25) is 25.2 Å². The number of hydrogen-bond donors (Lipinski definition) is 0. The molecule has 4 heteroatoms. The fourth-order valence-corrected chi connectivity index (χ4v) is 3.70. The maximum atomic E-state index is 5.37. The van der Waals surface area contributed by atoms with Crippen molar-refractivity contribution in [1.82, 2.24) is 0 Å². The molecule has 0 N–H and O–H groups in total. The van der Waals surface area contributed by atoms with Crippen LogP contribution in [0.25, 0.3) is 0 Å². The lowest BCUT2D eigenvalue weighted by molar-refractivity contribution is 0.249. The molecule has 0 heterocycles. The Morgan fingerprint density at radius 3 is 2.18 bits per heavy atom. The molecule has 0 unspecified atom stereocenters. The van der Waals surface area contributed by atoms with E-state index in [0.717, 1.165) is 6.04 Å². The molecule has 0 saturated heterocycles. The topological polar surface area (TPSA) is 18.5 Å². The predicted octanol–water partition coefficient (Wildman–Crippen LogP) is 1.38. The van der Waals surface area contributed by atoms with Crippen LogP contribution in [0, 0.1) is 0 Å². The molecule has 0 rings (SSSR count). The first-order valence-corrected chi connectivity index (χ1v) is 9.22. The zero-order valence-electron chi connectivity index (χ0n) is 8.14. The van der Waals surface area contributed by atoms with E-state index in [4.69, 9.17) is 8.85 Å². The van der Waals surface area contributed by atoms with Gasteiger partial charge in [-0.25, -0.2) is 0 Å². The van der Waals surface area contributed by atoms with Crippen LogP contribution in [0.1, 0.15) is 6.42 Å². The average Bonchev–Trinajstić information content (AvgIpc) is 2.05. The van der Waals surface area contributed by atoms with E-state index in [-0.39, 0.29) is 9.52 Å². The van der Waals surface area contributed by atoms with Gasteiger partial charge in [0, 0.05) is 23.7 Å². The molecular formula is C7H20O2Si2. The van der Waals surface area contributed by atoms with Gasteiger partial charge in [0.15, 0.2) is 0 Å². The van der Waals surface area contributed by atoms with Gasteiger partial charge in [-0.05, 0) is 12.6 Å². The second kappa shape index (κ2) is 5.94. The summed E-state index contributed by atoms with van der Waals surface area (Å²) in [6.45, 7) is 4.47. The van der Waals surface area contributed by atoms with Crippen LogP contribution in [-0.2, 0) is 8.85 Å². The third kappa shape index (κ3) is 4.73. The van der Waals surface area contributed by atoms with E-state index in [0.29, 0.717) is 0 Å². The highest BCUT2D eigenvalue weighted by Gasteiger charge is 2.27. The van der Waals surface area contributed by atoms with E-state index >= 15 is 0 Å². The second-order valence-corrected chi connectivity index (χ2v) is 8.29. The predicted molar refractivity (Wildman–Crippen MR) is 54.3 cm³/mol. The molecule has 0 fully saturated rings. The summed E-state index contributed by atoms with van der Waals surface area (Å²) in [5.41, 5.74) is 0. The van der Waals surface area contributed by atoms with Gasteiger partial charge >= 0.3 is 8.56 Å². The SMILES string of the molecule is CO[Si](C)(CCC[SiH2]C)OC. The van der Waals surface area contributed by atoms with E-state index in [1.165, 1.54) is 12.5 Å². The summed E-state index contributed by atoms with van der Waals surface area (Å²) in [6, 6.07) is 2.58. The monoisotopic (exact) mass is 192 g/mol. The highest BCUT2D eigenvalue weighted by Crippen LogP contribution is 2.14. The fraction of sp³-hybridized carbons (Fsp3) is 1.00. The standard InChI is InChI=1S/C7H20O2Si2/c1-8-11(4,9-2)7-5-6-10-3/h5-7,10H2,1-4H3. The molecule has 0 aliphatic rings. The van der Waals surface area contributed by atoms with Crippen molar-refractivity contribution in [2.24, 2.45) is 0 Å². The lowest BCUT2D eigenvalue weighted by Crippen LogP contribution is -2.35. The van der Waals surface area contributed by atoms with Gasteiger partial charge in [0.05, 0.1) is 0 Å². The van der Waals surface area contributed by atoms with Crippen molar-refractivity contribution in [2.45, 2.75) is 31.6 Å². The molecule has 0 radical (unpaired) electrons. The van der Waals surface area contributed by atoms with Gasteiger partial charge in [0.25, 0.3) is 0 Å². The maximum absolute atomic E-state index is 5.37. The normalized spacial score (nSPS) is 13.1. The van der Waals surface area contributed by atoms with E-state index in [1.807, 2.05) is 0 Å². The summed E-state index contributed by atoms with van der Waals surface area (Å²) >= 11 is 0. The van der Waals surface area contributed by atoms with Crippen molar-refractivity contribution in [1.29, 1.82) is 0 Å². The van der Waals surface area contributed by atoms with Crippen molar-refractivity contribution < 1.29 is 8.85 Å². The minimum Gasteiger partial charge on any atom is -0.398 e. The average molecular weight is 192 g/mol. The summed E-state index contributed by atoms with van der Waals surface area (Å²) in [5, 5.41) is 0. The lowest BCUT2D eigenvalue weighted by atomic mass is 10.6. The first kappa shape index (κ1) is 11.4. The molecule has 2 nitrogen and oxygen atoms in total. The van der Waals surface area contributed by atoms with Gasteiger partial charge in [0.1, 0.15) is 0 Å². The van der Waals surface area contributed by atoms with Crippen molar-refractivity contribution in [3.8, 4) is 0 Å². The van der Waals surface area contributed by atoms with Crippen LogP contribution in [0.3, 0.4) is 0 Å². The zero-order valence-corrected chi connectivity index (χ0v) is 10.6. The van der Waals surface area contributed by atoms with Crippen LogP contribution < -0.4 is 0 Å². The smallest absolute Gasteiger partial charge is 0.334 e. The Morgan fingerprint density at radius 1 is 1.27 bits per heavy atom. The molecule has 0 saturated carbocycles. The Balaban J connectivity index is 3.51. The Labute approximate surface area is 73.4 Å². The van der Waals surface area contributed by atoms with Crippen molar-refractivity contribution >= 4 is 18.1 Å². The fourth-order valence-electron chi connectivity index (χ4n) is 0.984. The third-order valence-corrected chi connectivity index (χ3v) is 6.29. The van der Waals surface area contributed by atoms with E-state index in [1.54, 1.807) is 14.2 Å². The van der Waals surface area contributed by atoms with Crippen LogP contribution >= 0.6 is 0 Å². The number of hydrogen-bond acceptors (Lipinski definition) is 2. The van der Waals surface area contributed by atoms with Gasteiger partial charge < -0.3 is 8.85 Å². The van der Waals surface area contributed by atoms with Crippen LogP contribution in [0.5, 0.6) is 0 Å². The Hall–Kier alpha value is 0.354. The molecule has 11 heavy (non-hydrogen) atoms. The summed E-state index contributed by atoms with van der Waals surface area (Å²) in [5.74, 6) is 0. The molecular weight excluding hydrogens is 172 g/mol. The summed E-state index contributed by atoms with van der Waals surface area (Å²) in [7, 11) is 2.05. The van der Waals surface area contributed by atoms with Crippen molar-refractivity contribution in [2.75, 3.05) is 14.2 Å². The zero-order chi connectivity index (χ0) is 8.74. The van der Waals surface area contributed by atoms with Crippen LogP contribution in [0.15, 0.2) is 0 Å². The van der Waals surface area contributed by atoms with E-state index < -0.39 is 8.56 Å². The van der Waals surface area contributed by atoms with Crippen LogP contribution in [0.4, 0.5) is 0 Å².